The van der Waals surface area contributed by atoms with Gasteiger partial charge in [-0.15, -0.1) is 0 Å². The van der Waals surface area contributed by atoms with Gasteiger partial charge in [-0.25, -0.2) is 0 Å². The molecular formula is C6H10N4OS. The Morgan fingerprint density at radius 1 is 1.58 bits per heavy atom. The fourth-order valence-corrected chi connectivity index (χ4v) is 0.950. The SMILES string of the molecule is NCCCc1n[nH]c(=S)[nH]c1=O. The van der Waals surface area contributed by atoms with E-state index in [4.69, 9.17) is 5.73 Å². The molecule has 4 N–H and O–H groups in total. The molecule has 0 aliphatic heterocycles. The van der Waals surface area contributed by atoms with Crippen LogP contribution in [0.4, 0.5) is 0 Å². The highest BCUT2D eigenvalue weighted by atomic mass is 32.1. The maximum Gasteiger partial charge on any atom is 0.273 e. The Kier molecular flexibility index (Phi) is 3.12. The summed E-state index contributed by atoms with van der Waals surface area (Å²) < 4.78 is 0.247. The summed E-state index contributed by atoms with van der Waals surface area (Å²) in [7, 11) is 0. The molecule has 6 heteroatoms. The summed E-state index contributed by atoms with van der Waals surface area (Å²) in [5.74, 6) is 0. The van der Waals surface area contributed by atoms with Crippen LogP contribution in [0.3, 0.4) is 0 Å². The van der Waals surface area contributed by atoms with Gasteiger partial charge in [0.2, 0.25) is 0 Å². The van der Waals surface area contributed by atoms with E-state index in [1.807, 2.05) is 0 Å². The van der Waals surface area contributed by atoms with Crippen LogP contribution >= 0.6 is 12.2 Å². The third kappa shape index (κ3) is 2.24. The van der Waals surface area contributed by atoms with Crippen molar-refractivity contribution in [2.45, 2.75) is 12.8 Å². The molecule has 0 saturated carbocycles. The van der Waals surface area contributed by atoms with Crippen LogP contribution in [-0.4, -0.2) is 21.7 Å². The number of aromatic nitrogens is 3. The fraction of sp³-hybridized carbons (Fsp3) is 0.500. The van der Waals surface area contributed by atoms with Crippen molar-refractivity contribution in [2.24, 2.45) is 5.73 Å². The lowest BCUT2D eigenvalue weighted by molar-refractivity contribution is 0.757. The second kappa shape index (κ2) is 4.13. The van der Waals surface area contributed by atoms with Crippen molar-refractivity contribution in [3.8, 4) is 0 Å². The zero-order chi connectivity index (χ0) is 8.97. The Morgan fingerprint density at radius 3 is 2.92 bits per heavy atom. The first-order valence-corrected chi connectivity index (χ1v) is 4.03. The highest BCUT2D eigenvalue weighted by Crippen LogP contribution is 1.87. The maximum atomic E-state index is 11.1. The summed E-state index contributed by atoms with van der Waals surface area (Å²) in [6, 6.07) is 0. The highest BCUT2D eigenvalue weighted by Gasteiger charge is 1.99. The number of hydrogen-bond donors (Lipinski definition) is 3. The number of rotatable bonds is 3. The Bertz CT molecular complexity index is 355. The number of aromatic amines is 2. The van der Waals surface area contributed by atoms with Crippen molar-refractivity contribution in [1.29, 1.82) is 0 Å². The summed E-state index contributed by atoms with van der Waals surface area (Å²) in [6.07, 6.45) is 1.33. The Hall–Kier alpha value is -1.01. The molecule has 1 rings (SSSR count). The first-order chi connectivity index (χ1) is 5.74. The summed E-state index contributed by atoms with van der Waals surface area (Å²) in [6.45, 7) is 0.552. The van der Waals surface area contributed by atoms with Crippen LogP contribution in [-0.2, 0) is 6.42 Å². The van der Waals surface area contributed by atoms with E-state index in [0.717, 1.165) is 6.42 Å². The lowest BCUT2D eigenvalue weighted by atomic mass is 10.2. The van der Waals surface area contributed by atoms with E-state index >= 15 is 0 Å². The molecule has 0 aliphatic carbocycles. The van der Waals surface area contributed by atoms with Gasteiger partial charge in [0, 0.05) is 0 Å². The summed E-state index contributed by atoms with van der Waals surface area (Å²) >= 11 is 4.67. The van der Waals surface area contributed by atoms with E-state index in [2.05, 4.69) is 27.4 Å². The van der Waals surface area contributed by atoms with Gasteiger partial charge in [-0.2, -0.15) is 5.10 Å². The number of hydrogen-bond acceptors (Lipinski definition) is 4. The van der Waals surface area contributed by atoms with Gasteiger partial charge in [-0.1, -0.05) is 0 Å². The summed E-state index contributed by atoms with van der Waals surface area (Å²) in [5.41, 5.74) is 5.51. The lowest BCUT2D eigenvalue weighted by Gasteiger charge is -1.95. The summed E-state index contributed by atoms with van der Waals surface area (Å²) in [5, 5.41) is 6.30. The fourth-order valence-electron chi connectivity index (χ4n) is 0.811. The van der Waals surface area contributed by atoms with E-state index in [1.165, 1.54) is 0 Å². The van der Waals surface area contributed by atoms with Crippen LogP contribution in [0.2, 0.25) is 0 Å². The molecule has 0 saturated heterocycles. The quantitative estimate of drug-likeness (QED) is 0.566. The minimum absolute atomic E-state index is 0.229. The maximum absolute atomic E-state index is 11.1. The smallest absolute Gasteiger partial charge is 0.273 e. The molecule has 0 spiro atoms. The van der Waals surface area contributed by atoms with Gasteiger partial charge in [0.05, 0.1) is 0 Å². The molecule has 12 heavy (non-hydrogen) atoms. The first kappa shape index (κ1) is 9.08. The molecule has 0 fully saturated rings. The monoisotopic (exact) mass is 186 g/mol. The molecule has 0 radical (unpaired) electrons. The molecule has 0 amide bonds. The van der Waals surface area contributed by atoms with Gasteiger partial charge in [0.15, 0.2) is 4.77 Å². The van der Waals surface area contributed by atoms with Crippen molar-refractivity contribution in [1.82, 2.24) is 15.2 Å². The normalized spacial score (nSPS) is 10.1. The van der Waals surface area contributed by atoms with Crippen molar-refractivity contribution < 1.29 is 0 Å². The third-order valence-corrected chi connectivity index (χ3v) is 1.59. The van der Waals surface area contributed by atoms with E-state index in [9.17, 15) is 4.79 Å². The van der Waals surface area contributed by atoms with Gasteiger partial charge in [-0.3, -0.25) is 14.9 Å². The molecule has 1 aromatic rings. The third-order valence-electron chi connectivity index (χ3n) is 1.40. The lowest BCUT2D eigenvalue weighted by Crippen LogP contribution is -2.17. The van der Waals surface area contributed by atoms with Crippen molar-refractivity contribution >= 4 is 12.2 Å². The van der Waals surface area contributed by atoms with Crippen LogP contribution in [0.25, 0.3) is 0 Å². The number of H-pyrrole nitrogens is 2. The van der Waals surface area contributed by atoms with E-state index < -0.39 is 0 Å². The molecule has 0 unspecified atom stereocenters. The second-order valence-corrected chi connectivity index (χ2v) is 2.75. The van der Waals surface area contributed by atoms with Gasteiger partial charge < -0.3 is 5.73 Å². The van der Waals surface area contributed by atoms with Crippen molar-refractivity contribution in [2.75, 3.05) is 6.54 Å². The van der Waals surface area contributed by atoms with Gasteiger partial charge in [0.25, 0.3) is 5.56 Å². The van der Waals surface area contributed by atoms with Crippen molar-refractivity contribution in [3.63, 3.8) is 0 Å². The van der Waals surface area contributed by atoms with E-state index in [-0.39, 0.29) is 10.3 Å². The van der Waals surface area contributed by atoms with Crippen LogP contribution in [0.5, 0.6) is 0 Å². The van der Waals surface area contributed by atoms with Crippen LogP contribution in [0.15, 0.2) is 4.79 Å². The zero-order valence-electron chi connectivity index (χ0n) is 6.46. The molecular weight excluding hydrogens is 176 g/mol. The highest BCUT2D eigenvalue weighted by molar-refractivity contribution is 7.71. The number of nitrogens with two attached hydrogens (primary N) is 1. The standard InChI is InChI=1S/C6H10N4OS/c7-3-1-2-4-5(11)8-6(12)10-9-4/h1-3,7H2,(H2,8,10,11,12). The topological polar surface area (TPSA) is 87.6 Å². The van der Waals surface area contributed by atoms with E-state index in [1.54, 1.807) is 0 Å². The van der Waals surface area contributed by atoms with Crippen LogP contribution in [0.1, 0.15) is 12.1 Å². The number of nitrogens with one attached hydrogen (secondary N) is 2. The van der Waals surface area contributed by atoms with Crippen LogP contribution < -0.4 is 11.3 Å². The molecule has 0 bridgehead atoms. The molecule has 1 aromatic heterocycles. The minimum atomic E-state index is -0.229. The second-order valence-electron chi connectivity index (χ2n) is 2.35. The zero-order valence-corrected chi connectivity index (χ0v) is 7.28. The molecule has 0 aliphatic rings. The predicted molar refractivity (Wildman–Crippen MR) is 47.4 cm³/mol. The average Bonchev–Trinajstić information content (AvgIpc) is 2.03. The Morgan fingerprint density at radius 2 is 2.33 bits per heavy atom. The first-order valence-electron chi connectivity index (χ1n) is 3.62. The van der Waals surface area contributed by atoms with Crippen molar-refractivity contribution in [3.05, 3.63) is 20.8 Å². The van der Waals surface area contributed by atoms with Gasteiger partial charge in [-0.05, 0) is 31.6 Å². The predicted octanol–water partition coefficient (Wildman–Crippen LogP) is -0.281. The number of aryl methyl sites for hydroxylation is 1. The molecule has 1 heterocycles. The number of nitrogens with zero attached hydrogens (tertiary/aromatic N) is 1. The van der Waals surface area contributed by atoms with Gasteiger partial charge in [0.1, 0.15) is 5.69 Å². The van der Waals surface area contributed by atoms with E-state index in [0.29, 0.717) is 18.7 Å². The van der Waals surface area contributed by atoms with Gasteiger partial charge >= 0.3 is 0 Å². The Labute approximate surface area is 74.0 Å². The molecule has 66 valence electrons. The molecule has 0 atom stereocenters. The van der Waals surface area contributed by atoms with Crippen LogP contribution in [0, 0.1) is 4.77 Å². The Balaban J connectivity index is 2.87. The minimum Gasteiger partial charge on any atom is -0.330 e. The largest absolute Gasteiger partial charge is 0.330 e. The average molecular weight is 186 g/mol. The molecule has 5 nitrogen and oxygen atoms in total. The summed E-state index contributed by atoms with van der Waals surface area (Å²) in [4.78, 5) is 13.5. The molecule has 0 aromatic carbocycles.